The van der Waals surface area contributed by atoms with Crippen molar-refractivity contribution in [2.75, 3.05) is 12.3 Å². The fourth-order valence-electron chi connectivity index (χ4n) is 3.22. The highest BCUT2D eigenvalue weighted by Crippen LogP contribution is 2.27. The van der Waals surface area contributed by atoms with Crippen LogP contribution in [-0.2, 0) is 0 Å². The first-order valence-corrected chi connectivity index (χ1v) is 7.54. The molecule has 110 valence electrons. The zero-order valence-electron chi connectivity index (χ0n) is 12.5. The van der Waals surface area contributed by atoms with E-state index < -0.39 is 0 Å². The highest BCUT2D eigenvalue weighted by atomic mass is 16.2. The number of nitrogens with zero attached hydrogens (tertiary/aromatic N) is 2. The summed E-state index contributed by atoms with van der Waals surface area (Å²) < 4.78 is 0. The molecule has 4 heteroatoms. The zero-order valence-corrected chi connectivity index (χ0v) is 12.5. The van der Waals surface area contributed by atoms with Crippen LogP contribution < -0.4 is 5.73 Å². The van der Waals surface area contributed by atoms with E-state index in [4.69, 9.17) is 5.73 Å². The molecule has 1 aromatic heterocycles. The molecule has 2 aromatic rings. The number of pyridine rings is 1. The lowest BCUT2D eigenvalue weighted by atomic mass is 10.0. The minimum Gasteiger partial charge on any atom is -0.383 e. The molecule has 1 saturated heterocycles. The van der Waals surface area contributed by atoms with E-state index >= 15 is 0 Å². The number of hydrogen-bond acceptors (Lipinski definition) is 3. The van der Waals surface area contributed by atoms with E-state index in [2.05, 4.69) is 18.8 Å². The van der Waals surface area contributed by atoms with E-state index in [1.807, 2.05) is 35.2 Å². The van der Waals surface area contributed by atoms with Gasteiger partial charge < -0.3 is 10.6 Å². The number of fused-ring (bicyclic) bond motifs is 1. The summed E-state index contributed by atoms with van der Waals surface area (Å²) in [5, 5.41) is 1.87. The van der Waals surface area contributed by atoms with Crippen molar-refractivity contribution in [1.82, 2.24) is 9.88 Å². The number of rotatable bonds is 2. The van der Waals surface area contributed by atoms with Crippen molar-refractivity contribution in [3.8, 4) is 0 Å². The third-order valence-corrected chi connectivity index (χ3v) is 4.32. The Morgan fingerprint density at radius 1 is 1.38 bits per heavy atom. The maximum Gasteiger partial charge on any atom is 0.272 e. The molecule has 0 radical (unpaired) electrons. The molecule has 0 bridgehead atoms. The summed E-state index contributed by atoms with van der Waals surface area (Å²) in [4.78, 5) is 19.1. The minimum atomic E-state index is 0.00338. The standard InChI is InChI=1S/C17H21N3O/c1-11(2)15-8-5-9-20(15)17(21)14-10-12-6-3-4-7-13(12)16(18)19-14/h3-4,6-7,10-11,15H,5,8-9H2,1-2H3,(H2,18,19). The summed E-state index contributed by atoms with van der Waals surface area (Å²) in [6, 6.07) is 9.93. The number of carbonyl (C=O) groups excluding carboxylic acids is 1. The van der Waals surface area contributed by atoms with E-state index in [1.54, 1.807) is 0 Å². The van der Waals surface area contributed by atoms with E-state index in [0.29, 0.717) is 23.5 Å². The lowest BCUT2D eigenvalue weighted by Gasteiger charge is -2.27. The predicted octanol–water partition coefficient (Wildman–Crippen LogP) is 3.08. The Balaban J connectivity index is 1.98. The molecule has 1 aromatic carbocycles. The first-order valence-electron chi connectivity index (χ1n) is 7.54. The van der Waals surface area contributed by atoms with Gasteiger partial charge >= 0.3 is 0 Å². The van der Waals surface area contributed by atoms with Gasteiger partial charge in [0.1, 0.15) is 11.5 Å². The summed E-state index contributed by atoms with van der Waals surface area (Å²) in [5.41, 5.74) is 6.46. The molecule has 2 heterocycles. The largest absolute Gasteiger partial charge is 0.383 e. The van der Waals surface area contributed by atoms with Crippen LogP contribution in [0.5, 0.6) is 0 Å². The van der Waals surface area contributed by atoms with Gasteiger partial charge in [-0.1, -0.05) is 38.1 Å². The van der Waals surface area contributed by atoms with Crippen LogP contribution in [0.25, 0.3) is 10.8 Å². The second-order valence-corrected chi connectivity index (χ2v) is 6.07. The van der Waals surface area contributed by atoms with Gasteiger partial charge in [-0.3, -0.25) is 4.79 Å². The fourth-order valence-corrected chi connectivity index (χ4v) is 3.22. The number of likely N-dealkylation sites (tertiary alicyclic amines) is 1. The van der Waals surface area contributed by atoms with Gasteiger partial charge in [0.05, 0.1) is 0 Å². The summed E-state index contributed by atoms with van der Waals surface area (Å²) in [7, 11) is 0. The predicted molar refractivity (Wildman–Crippen MR) is 85.1 cm³/mol. The highest BCUT2D eigenvalue weighted by Gasteiger charge is 2.32. The van der Waals surface area contributed by atoms with Gasteiger partial charge in [-0.15, -0.1) is 0 Å². The van der Waals surface area contributed by atoms with Crippen LogP contribution in [0.15, 0.2) is 30.3 Å². The zero-order chi connectivity index (χ0) is 15.0. The molecule has 1 aliphatic rings. The Hall–Kier alpha value is -2.10. The van der Waals surface area contributed by atoms with Crippen molar-refractivity contribution in [3.05, 3.63) is 36.0 Å². The molecule has 0 spiro atoms. The maximum atomic E-state index is 12.8. The molecule has 1 aliphatic heterocycles. The number of carbonyl (C=O) groups is 1. The maximum absolute atomic E-state index is 12.8. The van der Waals surface area contributed by atoms with Gasteiger partial charge in [0.2, 0.25) is 0 Å². The molecular weight excluding hydrogens is 262 g/mol. The summed E-state index contributed by atoms with van der Waals surface area (Å²) in [6.45, 7) is 5.15. The highest BCUT2D eigenvalue weighted by molar-refractivity contribution is 6.00. The molecule has 1 atom stereocenters. The smallest absolute Gasteiger partial charge is 0.272 e. The van der Waals surface area contributed by atoms with E-state index in [-0.39, 0.29) is 5.91 Å². The molecule has 4 nitrogen and oxygen atoms in total. The van der Waals surface area contributed by atoms with Gasteiger partial charge in [-0.05, 0) is 30.2 Å². The number of nitrogens with two attached hydrogens (primary N) is 1. The first-order chi connectivity index (χ1) is 10.1. The number of amides is 1. The molecular formula is C17H21N3O. The molecule has 0 aliphatic carbocycles. The molecule has 1 unspecified atom stereocenters. The molecule has 21 heavy (non-hydrogen) atoms. The van der Waals surface area contributed by atoms with Gasteiger partial charge in [0.25, 0.3) is 5.91 Å². The van der Waals surface area contributed by atoms with Gasteiger partial charge in [0.15, 0.2) is 0 Å². The van der Waals surface area contributed by atoms with Gasteiger partial charge in [-0.2, -0.15) is 0 Å². The Kier molecular flexibility index (Phi) is 3.53. The third kappa shape index (κ3) is 2.46. The van der Waals surface area contributed by atoms with Crippen molar-refractivity contribution >= 4 is 22.5 Å². The van der Waals surface area contributed by atoms with E-state index in [9.17, 15) is 4.79 Å². The average molecular weight is 283 g/mol. The SMILES string of the molecule is CC(C)C1CCCN1C(=O)c1cc2ccccc2c(N)n1. The van der Waals surface area contributed by atoms with Crippen molar-refractivity contribution in [3.63, 3.8) is 0 Å². The number of anilines is 1. The van der Waals surface area contributed by atoms with Crippen LogP contribution >= 0.6 is 0 Å². The Morgan fingerprint density at radius 3 is 2.90 bits per heavy atom. The molecule has 1 amide bonds. The van der Waals surface area contributed by atoms with Gasteiger partial charge in [-0.25, -0.2) is 4.98 Å². The number of aromatic nitrogens is 1. The normalized spacial score (nSPS) is 18.6. The van der Waals surface area contributed by atoms with Crippen LogP contribution in [0.2, 0.25) is 0 Å². The van der Waals surface area contributed by atoms with Crippen molar-refractivity contribution in [2.45, 2.75) is 32.7 Å². The number of hydrogen-bond donors (Lipinski definition) is 1. The van der Waals surface area contributed by atoms with Crippen LogP contribution in [0.1, 0.15) is 37.2 Å². The quantitative estimate of drug-likeness (QED) is 0.921. The molecule has 2 N–H and O–H groups in total. The first kappa shape index (κ1) is 13.9. The van der Waals surface area contributed by atoms with E-state index in [0.717, 1.165) is 30.2 Å². The second kappa shape index (κ2) is 5.35. The summed E-state index contributed by atoms with van der Waals surface area (Å²) in [5.74, 6) is 0.898. The van der Waals surface area contributed by atoms with Crippen molar-refractivity contribution in [1.29, 1.82) is 0 Å². The van der Waals surface area contributed by atoms with Crippen LogP contribution in [0, 0.1) is 5.92 Å². The second-order valence-electron chi connectivity index (χ2n) is 6.07. The average Bonchev–Trinajstić information content (AvgIpc) is 2.96. The van der Waals surface area contributed by atoms with Crippen molar-refractivity contribution < 1.29 is 4.79 Å². The van der Waals surface area contributed by atoms with Crippen LogP contribution in [-0.4, -0.2) is 28.4 Å². The molecule has 0 saturated carbocycles. The minimum absolute atomic E-state index is 0.00338. The Morgan fingerprint density at radius 2 is 2.14 bits per heavy atom. The Bertz CT molecular complexity index is 681. The molecule has 1 fully saturated rings. The fraction of sp³-hybridized carbons (Fsp3) is 0.412. The third-order valence-electron chi connectivity index (χ3n) is 4.32. The van der Waals surface area contributed by atoms with Crippen molar-refractivity contribution in [2.24, 2.45) is 5.92 Å². The number of nitrogen functional groups attached to an aromatic ring is 1. The monoisotopic (exact) mass is 283 g/mol. The van der Waals surface area contributed by atoms with Gasteiger partial charge in [0, 0.05) is 18.0 Å². The van der Waals surface area contributed by atoms with E-state index in [1.165, 1.54) is 0 Å². The molecule has 3 rings (SSSR count). The lowest BCUT2D eigenvalue weighted by molar-refractivity contribution is 0.0696. The van der Waals surface area contributed by atoms with Crippen LogP contribution in [0.4, 0.5) is 5.82 Å². The summed E-state index contributed by atoms with van der Waals surface area (Å²) in [6.07, 6.45) is 2.14. The topological polar surface area (TPSA) is 59.2 Å². The lowest BCUT2D eigenvalue weighted by Crippen LogP contribution is -2.38. The van der Waals surface area contributed by atoms with Crippen LogP contribution in [0.3, 0.4) is 0 Å². The summed E-state index contributed by atoms with van der Waals surface area (Å²) >= 11 is 0. The number of benzene rings is 1. The Labute approximate surface area is 125 Å².